The van der Waals surface area contributed by atoms with Crippen LogP contribution in [0.25, 0.3) is 0 Å². The highest BCUT2D eigenvalue weighted by atomic mass is 32.2. The molecule has 0 aliphatic heterocycles. The third-order valence-corrected chi connectivity index (χ3v) is 3.07. The monoisotopic (exact) mass is 257 g/mol. The summed E-state index contributed by atoms with van der Waals surface area (Å²) in [6, 6.07) is 6.17. The van der Waals surface area contributed by atoms with Crippen LogP contribution in [0.4, 0.5) is 5.69 Å². The molecule has 1 aromatic carbocycles. The van der Waals surface area contributed by atoms with E-state index in [1.54, 1.807) is 12.1 Å². The lowest BCUT2D eigenvalue weighted by Crippen LogP contribution is -2.33. The van der Waals surface area contributed by atoms with E-state index in [2.05, 4.69) is 9.44 Å². The molecule has 94 valence electrons. The summed E-state index contributed by atoms with van der Waals surface area (Å²) in [6.45, 7) is 1.84. The molecule has 0 saturated carbocycles. The molecule has 1 aromatic rings. The molecule has 6 nitrogen and oxygen atoms in total. The van der Waals surface area contributed by atoms with Crippen LogP contribution < -0.4 is 15.2 Å². The van der Waals surface area contributed by atoms with Crippen molar-refractivity contribution < 1.29 is 13.2 Å². The fourth-order valence-corrected chi connectivity index (χ4v) is 2.06. The van der Waals surface area contributed by atoms with Crippen molar-refractivity contribution in [2.45, 2.75) is 6.92 Å². The number of Topliss-reactive ketones (excluding diaryl/α,β-unsaturated/α-hetero) is 1. The molecule has 0 fully saturated rings. The van der Waals surface area contributed by atoms with Gasteiger partial charge < -0.3 is 5.73 Å². The van der Waals surface area contributed by atoms with Gasteiger partial charge in [0.05, 0.1) is 0 Å². The molecule has 7 heteroatoms. The van der Waals surface area contributed by atoms with E-state index in [-0.39, 0.29) is 18.9 Å². The Morgan fingerprint density at radius 3 is 2.35 bits per heavy atom. The van der Waals surface area contributed by atoms with E-state index >= 15 is 0 Å². The second kappa shape index (κ2) is 5.76. The molecule has 4 N–H and O–H groups in total. The maximum atomic E-state index is 11.4. The third kappa shape index (κ3) is 4.51. The summed E-state index contributed by atoms with van der Waals surface area (Å²) < 4.78 is 27.4. The van der Waals surface area contributed by atoms with Gasteiger partial charge in [-0.1, -0.05) is 0 Å². The molecule has 0 aliphatic rings. The van der Waals surface area contributed by atoms with Crippen LogP contribution in [0.15, 0.2) is 24.3 Å². The van der Waals surface area contributed by atoms with Gasteiger partial charge in [0, 0.05) is 24.3 Å². The van der Waals surface area contributed by atoms with E-state index in [0.717, 1.165) is 0 Å². The highest BCUT2D eigenvalue weighted by molar-refractivity contribution is 7.90. The highest BCUT2D eigenvalue weighted by Crippen LogP contribution is 2.10. The van der Waals surface area contributed by atoms with E-state index in [9.17, 15) is 13.2 Å². The van der Waals surface area contributed by atoms with Crippen molar-refractivity contribution in [3.63, 3.8) is 0 Å². The zero-order valence-electron chi connectivity index (χ0n) is 9.43. The zero-order chi connectivity index (χ0) is 12.9. The van der Waals surface area contributed by atoms with E-state index in [1.165, 1.54) is 19.1 Å². The van der Waals surface area contributed by atoms with Crippen molar-refractivity contribution in [2.24, 2.45) is 5.73 Å². The van der Waals surface area contributed by atoms with Gasteiger partial charge in [-0.2, -0.15) is 13.1 Å². The first-order valence-corrected chi connectivity index (χ1v) is 6.51. The number of ketones is 1. The van der Waals surface area contributed by atoms with Gasteiger partial charge in [-0.3, -0.25) is 9.52 Å². The lowest BCUT2D eigenvalue weighted by atomic mass is 10.1. The number of rotatable bonds is 6. The minimum atomic E-state index is -3.59. The number of hydrogen-bond donors (Lipinski definition) is 3. The predicted molar refractivity (Wildman–Crippen MR) is 66.0 cm³/mol. The van der Waals surface area contributed by atoms with Crippen molar-refractivity contribution >= 4 is 21.7 Å². The van der Waals surface area contributed by atoms with Crippen molar-refractivity contribution in [3.8, 4) is 0 Å². The Balaban J connectivity index is 2.72. The molecule has 0 atom stereocenters. The first kappa shape index (κ1) is 13.6. The Morgan fingerprint density at radius 1 is 1.29 bits per heavy atom. The summed E-state index contributed by atoms with van der Waals surface area (Å²) in [5.74, 6) is -0.0688. The smallest absolute Gasteiger partial charge is 0.299 e. The summed E-state index contributed by atoms with van der Waals surface area (Å²) in [5, 5.41) is 0. The molecule has 0 aliphatic carbocycles. The molecule has 0 radical (unpaired) electrons. The molecule has 0 saturated heterocycles. The largest absolute Gasteiger partial charge is 0.329 e. The van der Waals surface area contributed by atoms with E-state index in [0.29, 0.717) is 11.3 Å². The molecule has 0 spiro atoms. The molecular weight excluding hydrogens is 242 g/mol. The summed E-state index contributed by atoms with van der Waals surface area (Å²) in [6.07, 6.45) is 0. The van der Waals surface area contributed by atoms with Crippen LogP contribution in [0.5, 0.6) is 0 Å². The van der Waals surface area contributed by atoms with Crippen molar-refractivity contribution in [1.29, 1.82) is 0 Å². The second-order valence-corrected chi connectivity index (χ2v) is 4.92. The maximum absolute atomic E-state index is 11.4. The van der Waals surface area contributed by atoms with Crippen molar-refractivity contribution in [1.82, 2.24) is 4.72 Å². The Morgan fingerprint density at radius 2 is 1.88 bits per heavy atom. The van der Waals surface area contributed by atoms with Crippen LogP contribution >= 0.6 is 0 Å². The van der Waals surface area contributed by atoms with Gasteiger partial charge in [-0.05, 0) is 31.2 Å². The Hall–Kier alpha value is -1.44. The molecule has 0 heterocycles. The molecule has 0 bridgehead atoms. The van der Waals surface area contributed by atoms with Crippen LogP contribution in [0.3, 0.4) is 0 Å². The number of carbonyl (C=O) groups excluding carboxylic acids is 1. The Kier molecular flexibility index (Phi) is 4.62. The van der Waals surface area contributed by atoms with E-state index in [1.807, 2.05) is 0 Å². The van der Waals surface area contributed by atoms with Gasteiger partial charge in [0.15, 0.2) is 5.78 Å². The number of anilines is 1. The first-order valence-electron chi connectivity index (χ1n) is 5.03. The minimum Gasteiger partial charge on any atom is -0.329 e. The first-order chi connectivity index (χ1) is 7.94. The molecular formula is C10H15N3O3S. The van der Waals surface area contributed by atoms with Crippen LogP contribution in [-0.4, -0.2) is 27.3 Å². The quantitative estimate of drug-likeness (QED) is 0.629. The zero-order valence-corrected chi connectivity index (χ0v) is 10.3. The fourth-order valence-electron chi connectivity index (χ4n) is 1.16. The lowest BCUT2D eigenvalue weighted by Gasteiger charge is -2.08. The van der Waals surface area contributed by atoms with Crippen molar-refractivity contribution in [2.75, 3.05) is 17.8 Å². The Labute approximate surface area is 100 Å². The van der Waals surface area contributed by atoms with Crippen LogP contribution in [-0.2, 0) is 10.2 Å². The summed E-state index contributed by atoms with van der Waals surface area (Å²) in [4.78, 5) is 11.0. The average Bonchev–Trinajstić information content (AvgIpc) is 2.26. The normalized spacial score (nSPS) is 11.2. The molecule has 17 heavy (non-hydrogen) atoms. The minimum absolute atomic E-state index is 0.0688. The third-order valence-electron chi connectivity index (χ3n) is 1.98. The SMILES string of the molecule is CC(=O)c1ccc(NS(=O)(=O)NCCN)cc1. The topological polar surface area (TPSA) is 101 Å². The van der Waals surface area contributed by atoms with E-state index < -0.39 is 10.2 Å². The Bertz CT molecular complexity index is 482. The number of nitrogens with two attached hydrogens (primary N) is 1. The summed E-state index contributed by atoms with van der Waals surface area (Å²) >= 11 is 0. The maximum Gasteiger partial charge on any atom is 0.299 e. The second-order valence-electron chi connectivity index (χ2n) is 3.42. The van der Waals surface area contributed by atoms with Gasteiger partial charge in [0.25, 0.3) is 10.2 Å². The van der Waals surface area contributed by atoms with Crippen LogP contribution in [0.2, 0.25) is 0 Å². The number of carbonyl (C=O) groups is 1. The van der Waals surface area contributed by atoms with E-state index in [4.69, 9.17) is 5.73 Å². The van der Waals surface area contributed by atoms with Gasteiger partial charge in [0.2, 0.25) is 0 Å². The lowest BCUT2D eigenvalue weighted by molar-refractivity contribution is 0.101. The van der Waals surface area contributed by atoms with Gasteiger partial charge in [-0.15, -0.1) is 0 Å². The van der Waals surface area contributed by atoms with Gasteiger partial charge >= 0.3 is 0 Å². The van der Waals surface area contributed by atoms with Gasteiger partial charge in [0.1, 0.15) is 0 Å². The fraction of sp³-hybridized carbons (Fsp3) is 0.300. The molecule has 0 aromatic heterocycles. The summed E-state index contributed by atoms with van der Waals surface area (Å²) in [5.41, 5.74) is 6.11. The number of hydrogen-bond acceptors (Lipinski definition) is 4. The standard InChI is InChI=1S/C10H15N3O3S/c1-8(14)9-2-4-10(5-3-9)13-17(15,16)12-7-6-11/h2-5,12-13H,6-7,11H2,1H3. The predicted octanol–water partition coefficient (Wildman–Crippen LogP) is 0.0942. The van der Waals surface area contributed by atoms with Gasteiger partial charge in [-0.25, -0.2) is 0 Å². The summed E-state index contributed by atoms with van der Waals surface area (Å²) in [7, 11) is -3.59. The van der Waals surface area contributed by atoms with Crippen molar-refractivity contribution in [3.05, 3.63) is 29.8 Å². The molecule has 0 unspecified atom stereocenters. The van der Waals surface area contributed by atoms with Crippen LogP contribution in [0.1, 0.15) is 17.3 Å². The highest BCUT2D eigenvalue weighted by Gasteiger charge is 2.08. The number of benzene rings is 1. The molecule has 0 amide bonds. The molecule has 1 rings (SSSR count). The average molecular weight is 257 g/mol. The van der Waals surface area contributed by atoms with Crippen LogP contribution in [0, 0.1) is 0 Å². The number of nitrogens with one attached hydrogen (secondary N) is 2.